The summed E-state index contributed by atoms with van der Waals surface area (Å²) < 4.78 is 54.8. The number of nitrogens with zero attached hydrogens (tertiary/aromatic N) is 2. The van der Waals surface area contributed by atoms with Crippen LogP contribution in [0.5, 0.6) is 0 Å². The minimum absolute atomic E-state index is 0.0128. The molecule has 1 fully saturated rings. The number of aryl methyl sites for hydroxylation is 1. The quantitative estimate of drug-likeness (QED) is 0.720. The summed E-state index contributed by atoms with van der Waals surface area (Å²) in [6.45, 7) is 0. The van der Waals surface area contributed by atoms with Gasteiger partial charge in [0.05, 0.1) is 15.8 Å². The Hall–Kier alpha value is -1.74. The fraction of sp³-hybridized carbons (Fsp3) is 0.400. The summed E-state index contributed by atoms with van der Waals surface area (Å²) in [5.41, 5.74) is 2.26. The van der Waals surface area contributed by atoms with Gasteiger partial charge in [-0.1, -0.05) is 30.3 Å². The third-order valence-corrected chi connectivity index (χ3v) is 9.24. The van der Waals surface area contributed by atoms with Gasteiger partial charge in [0.1, 0.15) is 0 Å². The van der Waals surface area contributed by atoms with Gasteiger partial charge in [-0.15, -0.1) is 0 Å². The lowest BCUT2D eigenvalue weighted by Crippen LogP contribution is -2.36. The summed E-state index contributed by atoms with van der Waals surface area (Å²) in [7, 11) is -4.66. The molecule has 28 heavy (non-hydrogen) atoms. The molecule has 0 amide bonds. The zero-order valence-corrected chi connectivity index (χ0v) is 17.6. The van der Waals surface area contributed by atoms with Crippen LogP contribution < -0.4 is 0 Å². The first-order valence-corrected chi connectivity index (χ1v) is 12.2. The number of rotatable bonds is 6. The Kier molecular flexibility index (Phi) is 4.86. The molecule has 150 valence electrons. The molecular formula is C20H24N2O4S2. The van der Waals surface area contributed by atoms with Crippen molar-refractivity contribution in [3.8, 4) is 0 Å². The van der Waals surface area contributed by atoms with Crippen molar-refractivity contribution in [2.45, 2.75) is 47.6 Å². The van der Waals surface area contributed by atoms with Crippen molar-refractivity contribution >= 4 is 20.0 Å². The molecule has 0 N–H and O–H groups in total. The minimum Gasteiger partial charge on any atom is -0.207 e. The van der Waals surface area contributed by atoms with Crippen LogP contribution in [-0.4, -0.2) is 45.6 Å². The lowest BCUT2D eigenvalue weighted by molar-refractivity contribution is 0.314. The Balaban J connectivity index is 1.77. The molecule has 0 radical (unpaired) electrons. The van der Waals surface area contributed by atoms with E-state index in [9.17, 15) is 16.8 Å². The van der Waals surface area contributed by atoms with Crippen molar-refractivity contribution in [1.29, 1.82) is 0 Å². The van der Waals surface area contributed by atoms with Gasteiger partial charge in [0, 0.05) is 20.1 Å². The summed E-state index contributed by atoms with van der Waals surface area (Å²) in [6, 6.07) is 13.5. The third kappa shape index (κ3) is 3.28. The van der Waals surface area contributed by atoms with Crippen molar-refractivity contribution in [3.05, 3.63) is 59.7 Å². The molecule has 2 aromatic carbocycles. The Morgan fingerprint density at radius 2 is 1.46 bits per heavy atom. The fourth-order valence-corrected chi connectivity index (χ4v) is 6.82. The van der Waals surface area contributed by atoms with Gasteiger partial charge in [-0.3, -0.25) is 0 Å². The van der Waals surface area contributed by atoms with E-state index >= 15 is 0 Å². The molecule has 2 aliphatic rings. The maximum atomic E-state index is 13.6. The van der Waals surface area contributed by atoms with Gasteiger partial charge in [-0.05, 0) is 55.0 Å². The molecule has 0 aliphatic heterocycles. The van der Waals surface area contributed by atoms with E-state index in [0.29, 0.717) is 0 Å². The third-order valence-electron chi connectivity index (χ3n) is 5.47. The van der Waals surface area contributed by atoms with Crippen LogP contribution in [0.2, 0.25) is 0 Å². The Bertz CT molecular complexity index is 1110. The monoisotopic (exact) mass is 420 g/mol. The maximum Gasteiger partial charge on any atom is 0.243 e. The predicted molar refractivity (Wildman–Crippen MR) is 107 cm³/mol. The highest BCUT2D eigenvalue weighted by Crippen LogP contribution is 2.45. The van der Waals surface area contributed by atoms with Crippen LogP contribution in [0.4, 0.5) is 0 Å². The summed E-state index contributed by atoms with van der Waals surface area (Å²) in [5.74, 6) is 0. The van der Waals surface area contributed by atoms with Gasteiger partial charge in [-0.2, -0.15) is 4.31 Å². The molecule has 0 aromatic heterocycles. The van der Waals surface area contributed by atoms with Crippen molar-refractivity contribution in [1.82, 2.24) is 8.61 Å². The molecule has 0 bridgehead atoms. The van der Waals surface area contributed by atoms with E-state index < -0.39 is 20.0 Å². The maximum absolute atomic E-state index is 13.6. The van der Waals surface area contributed by atoms with Crippen molar-refractivity contribution < 1.29 is 16.8 Å². The smallest absolute Gasteiger partial charge is 0.207 e. The molecule has 0 unspecified atom stereocenters. The Morgan fingerprint density at radius 1 is 0.821 bits per heavy atom. The van der Waals surface area contributed by atoms with Gasteiger partial charge in [0.2, 0.25) is 20.0 Å². The van der Waals surface area contributed by atoms with E-state index in [4.69, 9.17) is 0 Å². The van der Waals surface area contributed by atoms with E-state index in [-0.39, 0.29) is 21.9 Å². The zero-order valence-electron chi connectivity index (χ0n) is 15.9. The number of hydrogen-bond donors (Lipinski definition) is 0. The SMILES string of the molecule is CN(C)S(=O)(=O)c1cccc(S(=O)(=O)N(C2CC2)[C@@H]2CCc3ccccc32)c1. The van der Waals surface area contributed by atoms with Crippen molar-refractivity contribution in [2.24, 2.45) is 0 Å². The lowest BCUT2D eigenvalue weighted by Gasteiger charge is -2.29. The van der Waals surface area contributed by atoms with Gasteiger partial charge in [-0.25, -0.2) is 21.1 Å². The average molecular weight is 421 g/mol. The molecule has 4 rings (SSSR count). The molecule has 0 heterocycles. The Morgan fingerprint density at radius 3 is 2.11 bits per heavy atom. The number of hydrogen-bond acceptors (Lipinski definition) is 4. The molecule has 0 saturated heterocycles. The summed E-state index contributed by atoms with van der Waals surface area (Å²) in [6.07, 6.45) is 3.29. The minimum atomic E-state index is -3.82. The van der Waals surface area contributed by atoms with E-state index in [2.05, 4.69) is 6.07 Å². The Labute approximate surface area is 166 Å². The average Bonchev–Trinajstić information content (AvgIpc) is 3.41. The molecule has 8 heteroatoms. The molecule has 1 saturated carbocycles. The molecular weight excluding hydrogens is 396 g/mol. The highest BCUT2D eigenvalue weighted by atomic mass is 32.2. The van der Waals surface area contributed by atoms with E-state index in [1.54, 1.807) is 4.31 Å². The molecule has 2 aliphatic carbocycles. The number of sulfonamides is 2. The van der Waals surface area contributed by atoms with Gasteiger partial charge in [0.25, 0.3) is 0 Å². The predicted octanol–water partition coefficient (Wildman–Crippen LogP) is 2.78. The number of benzene rings is 2. The summed E-state index contributed by atoms with van der Waals surface area (Å²) in [5, 5.41) is 0. The van der Waals surface area contributed by atoms with Crippen LogP contribution in [0, 0.1) is 0 Å². The topological polar surface area (TPSA) is 74.8 Å². The lowest BCUT2D eigenvalue weighted by atomic mass is 10.1. The largest absolute Gasteiger partial charge is 0.243 e. The van der Waals surface area contributed by atoms with Crippen LogP contribution >= 0.6 is 0 Å². The summed E-state index contributed by atoms with van der Waals surface area (Å²) >= 11 is 0. The van der Waals surface area contributed by atoms with Crippen LogP contribution in [0.25, 0.3) is 0 Å². The van der Waals surface area contributed by atoms with Crippen LogP contribution in [0.15, 0.2) is 58.3 Å². The highest BCUT2D eigenvalue weighted by molar-refractivity contribution is 7.90. The van der Waals surface area contributed by atoms with Gasteiger partial charge < -0.3 is 0 Å². The van der Waals surface area contributed by atoms with Gasteiger partial charge >= 0.3 is 0 Å². The molecule has 2 aromatic rings. The van der Waals surface area contributed by atoms with E-state index in [1.807, 2.05) is 18.2 Å². The molecule has 0 spiro atoms. The fourth-order valence-electron chi connectivity index (χ4n) is 3.87. The standard InChI is InChI=1S/C20H24N2O4S2/c1-21(2)27(23,24)17-7-5-8-18(14-17)28(25,26)22(16-11-12-16)20-13-10-15-6-3-4-9-19(15)20/h3-9,14,16,20H,10-13H2,1-2H3/t20-/m1/s1. The van der Waals surface area contributed by atoms with Gasteiger partial charge in [0.15, 0.2) is 0 Å². The van der Waals surface area contributed by atoms with Crippen molar-refractivity contribution in [3.63, 3.8) is 0 Å². The zero-order chi connectivity index (χ0) is 20.1. The second-order valence-corrected chi connectivity index (χ2v) is 11.6. The summed E-state index contributed by atoms with van der Waals surface area (Å²) in [4.78, 5) is 0.0212. The highest BCUT2D eigenvalue weighted by Gasteiger charge is 2.45. The second-order valence-electron chi connectivity index (χ2n) is 7.58. The van der Waals surface area contributed by atoms with Crippen LogP contribution in [0.3, 0.4) is 0 Å². The first kappa shape index (κ1) is 19.6. The van der Waals surface area contributed by atoms with Crippen molar-refractivity contribution in [2.75, 3.05) is 14.1 Å². The molecule has 1 atom stereocenters. The second kappa shape index (κ2) is 6.95. The van der Waals surface area contributed by atoms with Crippen LogP contribution in [0.1, 0.15) is 36.4 Å². The normalized spacial score (nSPS) is 19.9. The van der Waals surface area contributed by atoms with Crippen LogP contribution in [-0.2, 0) is 26.5 Å². The van der Waals surface area contributed by atoms with E-state index in [1.165, 1.54) is 43.9 Å². The van der Waals surface area contributed by atoms with E-state index in [0.717, 1.165) is 35.6 Å². The molecule has 6 nitrogen and oxygen atoms in total. The first-order chi connectivity index (χ1) is 13.2. The first-order valence-electron chi connectivity index (χ1n) is 9.37. The number of fused-ring (bicyclic) bond motifs is 1.